The van der Waals surface area contributed by atoms with Crippen LogP contribution in [-0.4, -0.2) is 43.8 Å². The summed E-state index contributed by atoms with van der Waals surface area (Å²) in [5.41, 5.74) is 7.10. The summed E-state index contributed by atoms with van der Waals surface area (Å²) < 4.78 is 47.6. The average Bonchev–Trinajstić information content (AvgIpc) is 3.28. The smallest absolute Gasteiger partial charge is 0.382 e. The largest absolute Gasteiger partial charge is 0.416 e. The van der Waals surface area contributed by atoms with Crippen molar-refractivity contribution in [2.75, 3.05) is 19.4 Å². The van der Waals surface area contributed by atoms with Gasteiger partial charge in [-0.25, -0.2) is 15.0 Å². The van der Waals surface area contributed by atoms with Crippen LogP contribution in [0.25, 0.3) is 16.6 Å². The fraction of sp³-hybridized carbons (Fsp3) is 0.304. The number of imidazole rings is 1. The van der Waals surface area contributed by atoms with Crippen LogP contribution < -0.4 is 5.73 Å². The van der Waals surface area contributed by atoms with Gasteiger partial charge >= 0.3 is 6.18 Å². The van der Waals surface area contributed by atoms with Crippen molar-refractivity contribution in [3.8, 4) is 0 Å². The van der Waals surface area contributed by atoms with Gasteiger partial charge in [-0.15, -0.1) is 0 Å². The Morgan fingerprint density at radius 1 is 1.24 bits per heavy atom. The number of hydrogen-bond donors (Lipinski definition) is 1. The lowest BCUT2D eigenvalue weighted by atomic mass is 9.85. The van der Waals surface area contributed by atoms with E-state index < -0.39 is 29.3 Å². The van der Waals surface area contributed by atoms with Crippen molar-refractivity contribution < 1.29 is 22.7 Å². The molecule has 0 spiro atoms. The molecular formula is C23H21F3N6O2. The van der Waals surface area contributed by atoms with Gasteiger partial charge in [0, 0.05) is 7.05 Å². The SMILES string of the molecule is CN(C(=O)c1cc2c(cn1)nc(N)c1cncn12)C1COC(C)(C)c2cc(C(F)(F)F)ccc21. The second kappa shape index (κ2) is 7.39. The van der Waals surface area contributed by atoms with E-state index in [4.69, 9.17) is 10.5 Å². The number of hydrogen-bond acceptors (Lipinski definition) is 6. The molecule has 0 saturated carbocycles. The Morgan fingerprint density at radius 3 is 2.74 bits per heavy atom. The predicted octanol–water partition coefficient (Wildman–Crippen LogP) is 3.96. The molecule has 0 aliphatic carbocycles. The minimum atomic E-state index is -4.48. The van der Waals surface area contributed by atoms with Gasteiger partial charge in [0.2, 0.25) is 0 Å². The fourth-order valence-electron chi connectivity index (χ4n) is 4.34. The van der Waals surface area contributed by atoms with Gasteiger partial charge in [0.25, 0.3) is 5.91 Å². The molecule has 8 nitrogen and oxygen atoms in total. The first-order valence-corrected chi connectivity index (χ1v) is 10.5. The van der Waals surface area contributed by atoms with Gasteiger partial charge in [-0.3, -0.25) is 9.20 Å². The van der Waals surface area contributed by atoms with Crippen molar-refractivity contribution in [3.05, 3.63) is 65.4 Å². The van der Waals surface area contributed by atoms with E-state index in [0.717, 1.165) is 12.1 Å². The summed E-state index contributed by atoms with van der Waals surface area (Å²) in [5.74, 6) is -0.119. The summed E-state index contributed by atoms with van der Waals surface area (Å²) in [6.45, 7) is 3.55. The molecule has 1 atom stereocenters. The number of amides is 1. The quantitative estimate of drug-likeness (QED) is 0.476. The number of carbonyl (C=O) groups excluding carboxylic acids is 1. The first-order valence-electron chi connectivity index (χ1n) is 10.5. The number of pyridine rings is 1. The molecule has 1 unspecified atom stereocenters. The van der Waals surface area contributed by atoms with Crippen molar-refractivity contribution in [2.45, 2.75) is 31.7 Å². The van der Waals surface area contributed by atoms with Gasteiger partial charge in [0.15, 0.2) is 0 Å². The highest BCUT2D eigenvalue weighted by atomic mass is 19.4. The topological polar surface area (TPSA) is 98.6 Å². The number of nitrogens with two attached hydrogens (primary N) is 1. The van der Waals surface area contributed by atoms with Crippen LogP contribution in [0.5, 0.6) is 0 Å². The highest BCUT2D eigenvalue weighted by molar-refractivity contribution is 5.96. The van der Waals surface area contributed by atoms with Crippen LogP contribution in [0.15, 0.2) is 43.0 Å². The van der Waals surface area contributed by atoms with Crippen LogP contribution >= 0.6 is 0 Å². The molecule has 0 bridgehead atoms. The lowest BCUT2D eigenvalue weighted by Crippen LogP contribution is -2.41. The van der Waals surface area contributed by atoms with Crippen LogP contribution in [0, 0.1) is 0 Å². The maximum absolute atomic E-state index is 13.4. The Labute approximate surface area is 192 Å². The molecule has 0 radical (unpaired) electrons. The monoisotopic (exact) mass is 470 g/mol. The maximum Gasteiger partial charge on any atom is 0.416 e. The number of likely N-dealkylation sites (N-methyl/N-ethyl adjacent to an activating group) is 1. The van der Waals surface area contributed by atoms with E-state index in [1.807, 2.05) is 0 Å². The molecule has 0 saturated heterocycles. The van der Waals surface area contributed by atoms with Gasteiger partial charge < -0.3 is 15.4 Å². The number of halogens is 3. The predicted molar refractivity (Wildman–Crippen MR) is 118 cm³/mol. The molecule has 0 fully saturated rings. The Morgan fingerprint density at radius 2 is 2.00 bits per heavy atom. The molecular weight excluding hydrogens is 449 g/mol. The molecule has 4 aromatic rings. The zero-order valence-electron chi connectivity index (χ0n) is 18.6. The summed E-state index contributed by atoms with van der Waals surface area (Å²) in [7, 11) is 1.58. The molecule has 11 heteroatoms. The fourth-order valence-corrected chi connectivity index (χ4v) is 4.34. The highest BCUT2D eigenvalue weighted by Gasteiger charge is 2.40. The first-order chi connectivity index (χ1) is 16.0. The number of anilines is 1. The molecule has 176 valence electrons. The van der Waals surface area contributed by atoms with Gasteiger partial charge in [0.1, 0.15) is 22.5 Å². The minimum absolute atomic E-state index is 0.130. The van der Waals surface area contributed by atoms with Crippen molar-refractivity contribution in [1.29, 1.82) is 0 Å². The Kier molecular flexibility index (Phi) is 4.80. The van der Waals surface area contributed by atoms with Crippen molar-refractivity contribution >= 4 is 28.3 Å². The van der Waals surface area contributed by atoms with Crippen molar-refractivity contribution in [3.63, 3.8) is 0 Å². The number of aromatic nitrogens is 4. The molecule has 1 amide bonds. The van der Waals surface area contributed by atoms with E-state index in [1.165, 1.54) is 17.2 Å². The summed E-state index contributed by atoms with van der Waals surface area (Å²) in [6.07, 6.45) is 0.114. The average molecular weight is 470 g/mol. The number of nitrogen functional groups attached to an aromatic ring is 1. The summed E-state index contributed by atoms with van der Waals surface area (Å²) >= 11 is 0. The van der Waals surface area contributed by atoms with Crippen LogP contribution in [-0.2, 0) is 16.5 Å². The molecule has 2 N–H and O–H groups in total. The van der Waals surface area contributed by atoms with Crippen LogP contribution in [0.1, 0.15) is 47.1 Å². The number of fused-ring (bicyclic) bond motifs is 4. The molecule has 1 aromatic carbocycles. The third-order valence-corrected chi connectivity index (χ3v) is 6.26. The van der Waals surface area contributed by atoms with E-state index in [9.17, 15) is 18.0 Å². The number of alkyl halides is 3. The molecule has 5 rings (SSSR count). The van der Waals surface area contributed by atoms with E-state index in [1.54, 1.807) is 43.9 Å². The third kappa shape index (κ3) is 3.43. The van der Waals surface area contributed by atoms with Crippen molar-refractivity contribution in [2.24, 2.45) is 0 Å². The molecule has 1 aliphatic rings. The number of ether oxygens (including phenoxy) is 1. The van der Waals surface area contributed by atoms with Gasteiger partial charge in [-0.1, -0.05) is 6.07 Å². The van der Waals surface area contributed by atoms with Gasteiger partial charge in [0.05, 0.1) is 48.1 Å². The Balaban J connectivity index is 1.54. The van der Waals surface area contributed by atoms with E-state index in [-0.39, 0.29) is 12.3 Å². The number of nitrogens with zero attached hydrogens (tertiary/aromatic N) is 5. The summed E-state index contributed by atoms with van der Waals surface area (Å²) in [5, 5.41) is 0. The number of rotatable bonds is 2. The second-order valence-corrected chi connectivity index (χ2v) is 8.76. The summed E-state index contributed by atoms with van der Waals surface area (Å²) in [4.78, 5) is 27.5. The van der Waals surface area contributed by atoms with E-state index in [2.05, 4.69) is 15.0 Å². The van der Waals surface area contributed by atoms with E-state index >= 15 is 0 Å². The third-order valence-electron chi connectivity index (χ3n) is 6.26. The number of benzene rings is 1. The second-order valence-electron chi connectivity index (χ2n) is 8.76. The molecule has 3 aromatic heterocycles. The standard InChI is InChI=1S/C23H21F3N6O2/c1-22(2)14-6-12(23(24,25)26)4-5-13(14)19(10-34-22)31(3)21(33)15-7-17-16(8-29-15)30-20(27)18-9-28-11-32(17)18/h4-9,11,19H,10H2,1-3H3,(H2,27,30). The van der Waals surface area contributed by atoms with Crippen LogP contribution in [0.3, 0.4) is 0 Å². The van der Waals surface area contributed by atoms with Crippen molar-refractivity contribution in [1.82, 2.24) is 24.3 Å². The van der Waals surface area contributed by atoms with E-state index in [0.29, 0.717) is 33.5 Å². The minimum Gasteiger partial charge on any atom is -0.382 e. The van der Waals surface area contributed by atoms with Gasteiger partial charge in [-0.2, -0.15) is 13.2 Å². The summed E-state index contributed by atoms with van der Waals surface area (Å²) in [6, 6.07) is 4.56. The molecule has 34 heavy (non-hydrogen) atoms. The Hall–Kier alpha value is -3.73. The Bertz CT molecular complexity index is 1450. The molecule has 4 heterocycles. The lowest BCUT2D eigenvalue weighted by molar-refractivity contribution is -0.138. The molecule has 1 aliphatic heterocycles. The normalized spacial score (nSPS) is 17.6. The van der Waals surface area contributed by atoms with Crippen LogP contribution in [0.4, 0.5) is 19.0 Å². The number of carbonyl (C=O) groups is 1. The zero-order chi connectivity index (χ0) is 24.4. The zero-order valence-corrected chi connectivity index (χ0v) is 18.6. The first kappa shape index (κ1) is 22.1. The maximum atomic E-state index is 13.4. The van der Waals surface area contributed by atoms with Gasteiger partial charge in [-0.05, 0) is 43.2 Å². The highest BCUT2D eigenvalue weighted by Crippen LogP contribution is 2.42. The van der Waals surface area contributed by atoms with Crippen LogP contribution in [0.2, 0.25) is 0 Å². The lowest BCUT2D eigenvalue weighted by Gasteiger charge is -2.41.